The van der Waals surface area contributed by atoms with Crippen molar-refractivity contribution in [2.45, 2.75) is 19.3 Å². The van der Waals surface area contributed by atoms with E-state index in [1.807, 2.05) is 0 Å². The van der Waals surface area contributed by atoms with Crippen molar-refractivity contribution in [2.24, 2.45) is 0 Å². The number of ether oxygens (including phenoxy) is 1. The van der Waals surface area contributed by atoms with E-state index in [1.165, 1.54) is 6.42 Å². The molecule has 2 N–H and O–H groups in total. The maximum absolute atomic E-state index is 10.7. The molecule has 1 aliphatic rings. The Morgan fingerprint density at radius 2 is 1.79 bits per heavy atom. The van der Waals surface area contributed by atoms with Gasteiger partial charge in [-0.3, -0.25) is 4.52 Å². The molecule has 6 nitrogen and oxygen atoms in total. The van der Waals surface area contributed by atoms with E-state index in [1.54, 1.807) is 6.08 Å². The quantitative estimate of drug-likeness (QED) is 0.290. The van der Waals surface area contributed by atoms with Crippen LogP contribution in [-0.4, -0.2) is 60.3 Å². The van der Waals surface area contributed by atoms with Gasteiger partial charge in [0.15, 0.2) is 0 Å². The van der Waals surface area contributed by atoms with Crippen molar-refractivity contribution in [2.75, 3.05) is 46.0 Å². The Hall–Kier alpha value is -0.230. The maximum atomic E-state index is 10.7. The van der Waals surface area contributed by atoms with E-state index < -0.39 is 7.82 Å². The summed E-state index contributed by atoms with van der Waals surface area (Å²) in [6.07, 6.45) is 5.25. The van der Waals surface area contributed by atoms with Crippen LogP contribution in [0.1, 0.15) is 19.3 Å². The van der Waals surface area contributed by atoms with Crippen LogP contribution in [0, 0.1) is 0 Å². The lowest BCUT2D eigenvalue weighted by Gasteiger charge is -2.41. The molecule has 7 heteroatoms. The Kier molecular flexibility index (Phi) is 7.21. The molecule has 1 rings (SSSR count). The zero-order valence-corrected chi connectivity index (χ0v) is 12.3. The predicted octanol–water partition coefficient (Wildman–Crippen LogP) is 1.30. The first-order valence-corrected chi connectivity index (χ1v) is 8.24. The Morgan fingerprint density at radius 3 is 2.37 bits per heavy atom. The van der Waals surface area contributed by atoms with Crippen LogP contribution in [0.25, 0.3) is 0 Å². The fraction of sp³-hybridized carbons (Fsp3) is 0.833. The van der Waals surface area contributed by atoms with E-state index in [0.717, 1.165) is 37.0 Å². The van der Waals surface area contributed by atoms with Crippen LogP contribution >= 0.6 is 7.82 Å². The van der Waals surface area contributed by atoms with Gasteiger partial charge in [0.1, 0.15) is 19.7 Å². The van der Waals surface area contributed by atoms with Gasteiger partial charge in [0.05, 0.1) is 26.3 Å². The molecule has 1 fully saturated rings. The summed E-state index contributed by atoms with van der Waals surface area (Å²) in [5.74, 6) is 0. The van der Waals surface area contributed by atoms with Gasteiger partial charge in [0, 0.05) is 0 Å². The van der Waals surface area contributed by atoms with E-state index in [2.05, 4.69) is 11.1 Å². The summed E-state index contributed by atoms with van der Waals surface area (Å²) in [5, 5.41) is 0. The molecule has 0 saturated carbocycles. The highest BCUT2D eigenvalue weighted by atomic mass is 31.2. The number of phosphoric ester groups is 1. The molecule has 0 bridgehead atoms. The molecule has 0 aromatic heterocycles. The fourth-order valence-corrected chi connectivity index (χ4v) is 2.84. The van der Waals surface area contributed by atoms with Gasteiger partial charge in [-0.25, -0.2) is 4.57 Å². The van der Waals surface area contributed by atoms with Crippen LogP contribution in [0.15, 0.2) is 12.7 Å². The first kappa shape index (κ1) is 16.8. The summed E-state index contributed by atoms with van der Waals surface area (Å²) in [6.45, 7) is 8.42. The summed E-state index contributed by atoms with van der Waals surface area (Å²) in [7, 11) is -4.35. The van der Waals surface area contributed by atoms with Gasteiger partial charge in [0.25, 0.3) is 0 Å². The van der Waals surface area contributed by atoms with Crippen LogP contribution in [-0.2, 0) is 13.8 Å². The summed E-state index contributed by atoms with van der Waals surface area (Å²) in [5.41, 5.74) is 0. The third-order valence-electron chi connectivity index (χ3n) is 3.54. The number of likely N-dealkylation sites (tertiary alicyclic amines) is 1. The first-order valence-electron chi connectivity index (χ1n) is 6.71. The van der Waals surface area contributed by atoms with E-state index in [0.29, 0.717) is 19.8 Å². The number of quaternary nitrogens is 1. The number of hydrogen-bond acceptors (Lipinski definition) is 3. The number of phosphoric acid groups is 1. The molecule has 0 aromatic carbocycles. The SMILES string of the molecule is C=CCOCC[N+]1(CCOP(=O)(O)O)CCCCC1. The number of hydrogen-bond donors (Lipinski definition) is 2. The molecule has 1 aliphatic heterocycles. The third kappa shape index (κ3) is 7.20. The molecule has 0 unspecified atom stereocenters. The molecule has 1 saturated heterocycles. The highest BCUT2D eigenvalue weighted by Gasteiger charge is 2.30. The molecule has 0 radical (unpaired) electrons. The van der Waals surface area contributed by atoms with Crippen molar-refractivity contribution in [1.29, 1.82) is 0 Å². The second-order valence-electron chi connectivity index (χ2n) is 4.98. The maximum Gasteiger partial charge on any atom is 0.469 e. The molecular formula is C12H25NO5P+. The van der Waals surface area contributed by atoms with E-state index >= 15 is 0 Å². The molecular weight excluding hydrogens is 269 g/mol. The van der Waals surface area contributed by atoms with Crippen molar-refractivity contribution < 1.29 is 28.1 Å². The van der Waals surface area contributed by atoms with Crippen LogP contribution in [0.4, 0.5) is 0 Å². The smallest absolute Gasteiger partial charge is 0.372 e. The highest BCUT2D eigenvalue weighted by molar-refractivity contribution is 7.46. The minimum atomic E-state index is -4.35. The predicted molar refractivity (Wildman–Crippen MR) is 72.6 cm³/mol. The third-order valence-corrected chi connectivity index (χ3v) is 4.05. The Morgan fingerprint density at radius 1 is 1.16 bits per heavy atom. The van der Waals surface area contributed by atoms with E-state index in [9.17, 15) is 4.57 Å². The molecule has 0 spiro atoms. The van der Waals surface area contributed by atoms with Gasteiger partial charge < -0.3 is 19.0 Å². The van der Waals surface area contributed by atoms with E-state index in [-0.39, 0.29) is 6.61 Å². The van der Waals surface area contributed by atoms with Gasteiger partial charge in [0.2, 0.25) is 0 Å². The Balaban J connectivity index is 2.40. The number of piperidine rings is 1. The monoisotopic (exact) mass is 294 g/mol. The normalized spacial score (nSPS) is 19.3. The fourth-order valence-electron chi connectivity index (χ4n) is 2.52. The van der Waals surface area contributed by atoms with Crippen molar-refractivity contribution in [3.05, 3.63) is 12.7 Å². The lowest BCUT2D eigenvalue weighted by Crippen LogP contribution is -2.54. The van der Waals surface area contributed by atoms with Crippen molar-refractivity contribution in [3.8, 4) is 0 Å². The van der Waals surface area contributed by atoms with Gasteiger partial charge >= 0.3 is 7.82 Å². The van der Waals surface area contributed by atoms with Gasteiger partial charge in [-0.2, -0.15) is 0 Å². The molecule has 0 atom stereocenters. The van der Waals surface area contributed by atoms with Gasteiger partial charge in [-0.1, -0.05) is 6.08 Å². The summed E-state index contributed by atoms with van der Waals surface area (Å²) in [4.78, 5) is 17.4. The zero-order valence-electron chi connectivity index (χ0n) is 11.4. The molecule has 0 aliphatic carbocycles. The van der Waals surface area contributed by atoms with Crippen LogP contribution in [0.3, 0.4) is 0 Å². The van der Waals surface area contributed by atoms with Crippen molar-refractivity contribution in [1.82, 2.24) is 0 Å². The second-order valence-corrected chi connectivity index (χ2v) is 6.22. The average molecular weight is 294 g/mol. The number of nitrogens with zero attached hydrogens (tertiary/aromatic N) is 1. The molecule has 1 heterocycles. The summed E-state index contributed by atoms with van der Waals surface area (Å²) >= 11 is 0. The van der Waals surface area contributed by atoms with Crippen molar-refractivity contribution >= 4 is 7.82 Å². The minimum Gasteiger partial charge on any atom is -0.372 e. The van der Waals surface area contributed by atoms with Crippen LogP contribution in [0.2, 0.25) is 0 Å². The molecule has 0 aromatic rings. The average Bonchev–Trinajstić information content (AvgIpc) is 2.34. The summed E-state index contributed by atoms with van der Waals surface area (Å²) < 4.78 is 21.5. The first-order chi connectivity index (χ1) is 8.97. The van der Waals surface area contributed by atoms with E-state index in [4.69, 9.17) is 14.5 Å². The van der Waals surface area contributed by atoms with Crippen LogP contribution in [0.5, 0.6) is 0 Å². The number of rotatable bonds is 9. The highest BCUT2D eigenvalue weighted by Crippen LogP contribution is 2.35. The van der Waals surface area contributed by atoms with Crippen LogP contribution < -0.4 is 0 Å². The standard InChI is InChI=1S/C12H24NO5P/c1-2-10-17-11-8-13(6-4-3-5-7-13)9-12-18-19(14,15)16/h2H,1,3-12H2,(H-,14,15,16)/p+1. The van der Waals surface area contributed by atoms with Crippen molar-refractivity contribution in [3.63, 3.8) is 0 Å². The lowest BCUT2D eigenvalue weighted by molar-refractivity contribution is -0.932. The lowest BCUT2D eigenvalue weighted by atomic mass is 10.1. The summed E-state index contributed by atoms with van der Waals surface area (Å²) in [6, 6.07) is 0. The molecule has 0 amide bonds. The Bertz CT molecular complexity index is 311. The van der Waals surface area contributed by atoms with Gasteiger partial charge in [-0.05, 0) is 19.3 Å². The zero-order chi connectivity index (χ0) is 14.2. The molecule has 112 valence electrons. The minimum absolute atomic E-state index is 0.0890. The second kappa shape index (κ2) is 8.15. The topological polar surface area (TPSA) is 76.0 Å². The molecule has 19 heavy (non-hydrogen) atoms. The van der Waals surface area contributed by atoms with Gasteiger partial charge in [-0.15, -0.1) is 6.58 Å². The largest absolute Gasteiger partial charge is 0.469 e. The Labute approximate surface area is 114 Å².